The highest BCUT2D eigenvalue weighted by Gasteiger charge is 2.25. The van der Waals surface area contributed by atoms with Crippen LogP contribution in [0, 0.1) is 24.2 Å². The molecule has 3 heterocycles. The zero-order valence-electron chi connectivity index (χ0n) is 12.9. The summed E-state index contributed by atoms with van der Waals surface area (Å²) in [5, 5.41) is 13.1. The van der Waals surface area contributed by atoms with Crippen molar-refractivity contribution in [2.24, 2.45) is 0 Å². The molecule has 0 saturated heterocycles. The van der Waals surface area contributed by atoms with Gasteiger partial charge in [0.25, 0.3) is 5.91 Å². The maximum atomic E-state index is 13.2. The van der Waals surface area contributed by atoms with E-state index in [0.717, 1.165) is 22.0 Å². The Balaban J connectivity index is 2.13. The third-order valence-electron chi connectivity index (χ3n) is 4.41. The van der Waals surface area contributed by atoms with Gasteiger partial charge in [0.2, 0.25) is 5.95 Å². The van der Waals surface area contributed by atoms with Crippen molar-refractivity contribution in [3.8, 4) is 17.2 Å². The van der Waals surface area contributed by atoms with Crippen molar-refractivity contribution in [2.45, 2.75) is 13.5 Å². The number of rotatable bonds is 1. The minimum atomic E-state index is -0.556. The van der Waals surface area contributed by atoms with Gasteiger partial charge in [-0.05, 0) is 36.8 Å². The molecule has 0 bridgehead atoms. The molecule has 0 spiro atoms. The third-order valence-corrected chi connectivity index (χ3v) is 4.41. The fraction of sp³-hybridized carbons (Fsp3) is 0.167. The van der Waals surface area contributed by atoms with Gasteiger partial charge in [-0.25, -0.2) is 4.98 Å². The maximum absolute atomic E-state index is 13.2. The van der Waals surface area contributed by atoms with Gasteiger partial charge in [0.1, 0.15) is 5.69 Å². The Morgan fingerprint density at radius 3 is 2.92 bits per heavy atom. The number of nitriles is 1. The van der Waals surface area contributed by atoms with Crippen LogP contribution in [0.1, 0.15) is 21.6 Å². The number of nitrogens with one attached hydrogen (secondary N) is 1. The summed E-state index contributed by atoms with van der Waals surface area (Å²) in [6.07, 6.45) is 1.45. The molecule has 0 radical (unpaired) electrons. The second kappa shape index (κ2) is 5.17. The normalized spacial score (nSPS) is 13.5. The van der Waals surface area contributed by atoms with Gasteiger partial charge >= 0.3 is 0 Å². The molecular weight excluding hydrogens is 307 g/mol. The second-order valence-electron chi connectivity index (χ2n) is 5.78. The lowest BCUT2D eigenvalue weighted by Gasteiger charge is -2.18. The number of carbonyl (C=O) groups is 1. The number of hydrogen-bond acceptors (Lipinski definition) is 3. The molecular formula is C18H13FN4O. The highest BCUT2D eigenvalue weighted by molar-refractivity contribution is 6.06. The standard InChI is InChI=1S/C18H13FN4O/c1-10-13-6-11(8-20)7-14(12-2-3-15(19)22-9-12)17(13)23-5-4-21-18(24)16(10)23/h2-3,6-7,9H,4-5H2,1H3,(H,21,24). The summed E-state index contributed by atoms with van der Waals surface area (Å²) in [4.78, 5) is 16.0. The second-order valence-corrected chi connectivity index (χ2v) is 5.78. The van der Waals surface area contributed by atoms with Crippen LogP contribution in [0.3, 0.4) is 0 Å². The van der Waals surface area contributed by atoms with E-state index in [2.05, 4.69) is 16.4 Å². The topological polar surface area (TPSA) is 70.7 Å². The van der Waals surface area contributed by atoms with Gasteiger partial charge in [-0.1, -0.05) is 0 Å². The summed E-state index contributed by atoms with van der Waals surface area (Å²) in [5.74, 6) is -0.671. The van der Waals surface area contributed by atoms with E-state index in [1.165, 1.54) is 12.3 Å². The number of hydrogen-bond donors (Lipinski definition) is 1. The summed E-state index contributed by atoms with van der Waals surface area (Å²) in [6, 6.07) is 8.64. The molecule has 0 atom stereocenters. The molecule has 1 N–H and O–H groups in total. The average molecular weight is 320 g/mol. The Hall–Kier alpha value is -3.20. The first-order valence-electron chi connectivity index (χ1n) is 7.57. The average Bonchev–Trinajstić information content (AvgIpc) is 2.89. The molecule has 0 unspecified atom stereocenters. The Kier molecular flexibility index (Phi) is 3.10. The molecule has 24 heavy (non-hydrogen) atoms. The fourth-order valence-electron chi connectivity index (χ4n) is 3.35. The number of carbonyl (C=O) groups excluding carboxylic acids is 1. The number of benzene rings is 1. The molecule has 2 aromatic heterocycles. The minimum absolute atomic E-state index is 0.114. The Morgan fingerprint density at radius 2 is 2.21 bits per heavy atom. The smallest absolute Gasteiger partial charge is 0.268 e. The Bertz CT molecular complexity index is 1030. The first kappa shape index (κ1) is 14.4. The molecule has 5 nitrogen and oxygen atoms in total. The molecule has 1 amide bonds. The van der Waals surface area contributed by atoms with Crippen LogP contribution < -0.4 is 5.32 Å². The van der Waals surface area contributed by atoms with E-state index in [1.54, 1.807) is 18.2 Å². The van der Waals surface area contributed by atoms with Crippen molar-refractivity contribution in [2.75, 3.05) is 6.54 Å². The third kappa shape index (κ3) is 1.98. The van der Waals surface area contributed by atoms with Crippen molar-refractivity contribution in [1.29, 1.82) is 5.26 Å². The van der Waals surface area contributed by atoms with E-state index >= 15 is 0 Å². The number of aryl methyl sites for hydroxylation is 1. The van der Waals surface area contributed by atoms with E-state index in [9.17, 15) is 14.4 Å². The summed E-state index contributed by atoms with van der Waals surface area (Å²) < 4.78 is 15.1. The van der Waals surface area contributed by atoms with Crippen LogP contribution in [0.25, 0.3) is 22.0 Å². The zero-order valence-corrected chi connectivity index (χ0v) is 12.9. The molecule has 1 aliphatic heterocycles. The molecule has 6 heteroatoms. The van der Waals surface area contributed by atoms with Crippen LogP contribution in [0.15, 0.2) is 30.5 Å². The largest absolute Gasteiger partial charge is 0.349 e. The van der Waals surface area contributed by atoms with E-state index in [-0.39, 0.29) is 5.91 Å². The minimum Gasteiger partial charge on any atom is -0.349 e. The first-order valence-corrected chi connectivity index (χ1v) is 7.57. The van der Waals surface area contributed by atoms with E-state index in [4.69, 9.17) is 0 Å². The lowest BCUT2D eigenvalue weighted by atomic mass is 10.00. The Morgan fingerprint density at radius 1 is 1.38 bits per heavy atom. The van der Waals surface area contributed by atoms with Crippen molar-refractivity contribution in [3.05, 3.63) is 53.2 Å². The van der Waals surface area contributed by atoms with E-state index in [1.807, 2.05) is 11.5 Å². The predicted octanol–water partition coefficient (Wildman–Crippen LogP) is 2.77. The summed E-state index contributed by atoms with van der Waals surface area (Å²) in [5.41, 5.74) is 4.32. The first-order chi connectivity index (χ1) is 11.6. The number of amides is 1. The molecule has 0 fully saturated rings. The van der Waals surface area contributed by atoms with Gasteiger partial charge in [0.15, 0.2) is 0 Å². The highest BCUT2D eigenvalue weighted by atomic mass is 19.1. The predicted molar refractivity (Wildman–Crippen MR) is 86.9 cm³/mol. The van der Waals surface area contributed by atoms with Crippen LogP contribution in [0.4, 0.5) is 4.39 Å². The van der Waals surface area contributed by atoms with Gasteiger partial charge in [-0.3, -0.25) is 4.79 Å². The van der Waals surface area contributed by atoms with Crippen LogP contribution in [-0.4, -0.2) is 22.0 Å². The molecule has 1 aromatic carbocycles. The SMILES string of the molecule is Cc1c2n(c3c(-c4ccc(F)nc4)cc(C#N)cc13)CCNC2=O. The molecule has 0 saturated carbocycles. The fourth-order valence-corrected chi connectivity index (χ4v) is 3.35. The van der Waals surface area contributed by atoms with Gasteiger partial charge in [-0.15, -0.1) is 0 Å². The van der Waals surface area contributed by atoms with Crippen molar-refractivity contribution in [3.63, 3.8) is 0 Å². The van der Waals surface area contributed by atoms with Crippen LogP contribution >= 0.6 is 0 Å². The van der Waals surface area contributed by atoms with E-state index in [0.29, 0.717) is 29.9 Å². The van der Waals surface area contributed by atoms with Crippen LogP contribution in [0.5, 0.6) is 0 Å². The van der Waals surface area contributed by atoms with Crippen molar-refractivity contribution in [1.82, 2.24) is 14.9 Å². The number of nitrogens with zero attached hydrogens (tertiary/aromatic N) is 3. The van der Waals surface area contributed by atoms with Crippen LogP contribution in [-0.2, 0) is 6.54 Å². The maximum Gasteiger partial charge on any atom is 0.268 e. The molecule has 4 rings (SSSR count). The van der Waals surface area contributed by atoms with Gasteiger partial charge in [-0.2, -0.15) is 9.65 Å². The lowest BCUT2D eigenvalue weighted by Crippen LogP contribution is -2.35. The lowest BCUT2D eigenvalue weighted by molar-refractivity contribution is 0.0928. The zero-order chi connectivity index (χ0) is 16.8. The van der Waals surface area contributed by atoms with Gasteiger partial charge in [0.05, 0.1) is 17.1 Å². The molecule has 118 valence electrons. The quantitative estimate of drug-likeness (QED) is 0.701. The summed E-state index contributed by atoms with van der Waals surface area (Å²) >= 11 is 0. The van der Waals surface area contributed by atoms with Gasteiger partial charge < -0.3 is 9.88 Å². The Labute approximate surface area is 137 Å². The number of halogens is 1. The number of pyridine rings is 1. The highest BCUT2D eigenvalue weighted by Crippen LogP contribution is 2.35. The summed E-state index contributed by atoms with van der Waals surface area (Å²) in [6.45, 7) is 3.09. The summed E-state index contributed by atoms with van der Waals surface area (Å²) in [7, 11) is 0. The van der Waals surface area contributed by atoms with Crippen molar-refractivity contribution < 1.29 is 9.18 Å². The van der Waals surface area contributed by atoms with Crippen molar-refractivity contribution >= 4 is 16.8 Å². The molecule has 3 aromatic rings. The molecule has 1 aliphatic rings. The monoisotopic (exact) mass is 320 g/mol. The van der Waals surface area contributed by atoms with Crippen LogP contribution in [0.2, 0.25) is 0 Å². The van der Waals surface area contributed by atoms with Gasteiger partial charge in [0, 0.05) is 35.8 Å². The van der Waals surface area contributed by atoms with E-state index < -0.39 is 5.95 Å². The molecule has 0 aliphatic carbocycles. The number of fused-ring (bicyclic) bond motifs is 3. The number of aromatic nitrogens is 2.